The van der Waals surface area contributed by atoms with Gasteiger partial charge in [0.2, 0.25) is 0 Å². The van der Waals surface area contributed by atoms with E-state index in [1.807, 2.05) is 0 Å². The summed E-state index contributed by atoms with van der Waals surface area (Å²) in [7, 11) is 0. The first-order valence-electron chi connectivity index (χ1n) is 0.943. The molecule has 32 valence electrons. The molecule has 0 saturated carbocycles. The Morgan fingerprint density at radius 2 is 1.25 bits per heavy atom. The van der Waals surface area contributed by atoms with E-state index in [1.54, 1.807) is 0 Å². The molecule has 0 bridgehead atoms. The Bertz CT molecular complexity index is 44.5. The van der Waals surface area contributed by atoms with Crippen LogP contribution in [-0.4, -0.2) is 31.0 Å². The van der Waals surface area contributed by atoms with Gasteiger partial charge in [-0.3, -0.25) is 0 Å². The molecular formula is HAl2Na2O3S+. The van der Waals surface area contributed by atoms with Crippen molar-refractivity contribution in [3.05, 3.63) is 0 Å². The van der Waals surface area contributed by atoms with Crippen LogP contribution in [0, 0.1) is 0 Å². The molecule has 0 amide bonds. The second kappa shape index (κ2) is 22.6. The minimum atomic E-state index is -1.24. The van der Waals surface area contributed by atoms with Crippen molar-refractivity contribution in [3.63, 3.8) is 0 Å². The van der Waals surface area contributed by atoms with E-state index < -0.39 is 31.0 Å². The molecular weight excluding hydrogens is 180 g/mol. The summed E-state index contributed by atoms with van der Waals surface area (Å²) in [6.07, 6.45) is 0. The summed E-state index contributed by atoms with van der Waals surface area (Å²) in [6, 6.07) is 0. The van der Waals surface area contributed by atoms with Crippen molar-refractivity contribution in [1.82, 2.24) is 0 Å². The van der Waals surface area contributed by atoms with E-state index in [0.29, 0.717) is 0 Å². The van der Waals surface area contributed by atoms with Crippen LogP contribution in [0.1, 0.15) is 0 Å². The van der Waals surface area contributed by atoms with Gasteiger partial charge in [0.05, 0.1) is 0 Å². The smallest absolute Gasteiger partial charge is 0.813 e. The Balaban J connectivity index is -0.0000000267. The van der Waals surface area contributed by atoms with E-state index in [0.717, 1.165) is 0 Å². The Labute approximate surface area is 112 Å². The average molecular weight is 181 g/mol. The topological polar surface area (TPSA) is 43.4 Å². The van der Waals surface area contributed by atoms with Gasteiger partial charge in [-0.2, -0.15) is 0 Å². The SMILES string of the molecule is [Na+].[Na+].[O]=[Al][O][Al]=[O].[SH-]. The Morgan fingerprint density at radius 3 is 1.25 bits per heavy atom. The molecule has 0 unspecified atom stereocenters. The molecule has 0 atom stereocenters. The maximum atomic E-state index is 9.21. The molecule has 0 aliphatic carbocycles. The summed E-state index contributed by atoms with van der Waals surface area (Å²) in [4.78, 5) is 0. The number of rotatable bonds is 2. The molecule has 0 fully saturated rings. The molecule has 0 aromatic heterocycles. The van der Waals surface area contributed by atoms with E-state index in [1.165, 1.54) is 0 Å². The van der Waals surface area contributed by atoms with E-state index in [9.17, 15) is 7.61 Å². The first kappa shape index (κ1) is 22.4. The van der Waals surface area contributed by atoms with Crippen molar-refractivity contribution in [3.8, 4) is 0 Å². The molecule has 0 spiro atoms. The van der Waals surface area contributed by atoms with Crippen LogP contribution < -0.4 is 59.1 Å². The second-order valence-electron chi connectivity index (χ2n) is 0.329. The van der Waals surface area contributed by atoms with Crippen molar-refractivity contribution in [1.29, 1.82) is 0 Å². The third-order valence-electron chi connectivity index (χ3n) is 0.111. The maximum absolute atomic E-state index is 9.21. The molecule has 0 aromatic carbocycles. The third-order valence-corrected chi connectivity index (χ3v) is 1.00. The standard InChI is InChI=1S/2Al.2Na.3O.H2S/h;;;;;;;1H2/q;;2*+1;;;;/p-1. The molecule has 0 saturated heterocycles. The van der Waals surface area contributed by atoms with Gasteiger partial charge in [-0.05, 0) is 0 Å². The van der Waals surface area contributed by atoms with Crippen molar-refractivity contribution >= 4 is 44.5 Å². The van der Waals surface area contributed by atoms with Gasteiger partial charge in [0, 0.05) is 0 Å². The first-order chi connectivity index (χ1) is 2.41. The third kappa shape index (κ3) is 23.2. The monoisotopic (exact) mass is 181 g/mol. The summed E-state index contributed by atoms with van der Waals surface area (Å²) in [6.45, 7) is 0. The summed E-state index contributed by atoms with van der Waals surface area (Å²) in [5.74, 6) is 0. The molecule has 0 aromatic rings. The van der Waals surface area contributed by atoms with Crippen LogP contribution in [0.25, 0.3) is 0 Å². The predicted octanol–water partition coefficient (Wildman–Crippen LogP) is -7.33. The minimum Gasteiger partial charge on any atom is -0.813 e. The zero-order chi connectivity index (χ0) is 4.12. The van der Waals surface area contributed by atoms with E-state index in [-0.39, 0.29) is 72.6 Å². The van der Waals surface area contributed by atoms with Gasteiger partial charge in [0.15, 0.2) is 0 Å². The second-order valence-corrected chi connectivity index (χ2v) is 1.80. The minimum absolute atomic E-state index is 0. The van der Waals surface area contributed by atoms with Gasteiger partial charge >= 0.3 is 101 Å². The van der Waals surface area contributed by atoms with Crippen LogP contribution in [0.2, 0.25) is 0 Å². The van der Waals surface area contributed by atoms with Gasteiger partial charge in [-0.15, -0.1) is 0 Å². The van der Waals surface area contributed by atoms with E-state index >= 15 is 0 Å². The molecule has 8 heavy (non-hydrogen) atoms. The normalized spacial score (nSPS) is 2.50. The zero-order valence-electron chi connectivity index (χ0n) is 4.83. The fourth-order valence-electron chi connectivity index (χ4n) is 0.0227. The molecule has 0 rings (SSSR count). The Hall–Kier alpha value is 2.81. The van der Waals surface area contributed by atoms with Crippen molar-refractivity contribution < 1.29 is 69.6 Å². The van der Waals surface area contributed by atoms with Gasteiger partial charge < -0.3 is 13.5 Å². The first-order valence-corrected chi connectivity index (χ1v) is 2.83. The summed E-state index contributed by atoms with van der Waals surface area (Å²) in [5, 5.41) is 0. The molecule has 3 nitrogen and oxygen atoms in total. The summed E-state index contributed by atoms with van der Waals surface area (Å²) >= 11 is -2.48. The largest absolute Gasteiger partial charge is 0.813 e. The van der Waals surface area contributed by atoms with Crippen molar-refractivity contribution in [2.45, 2.75) is 0 Å². The molecule has 0 radical (unpaired) electrons. The van der Waals surface area contributed by atoms with Gasteiger partial charge in [-0.25, -0.2) is 0 Å². The molecule has 0 N–H and O–H groups in total. The Kier molecular flexibility index (Phi) is 63.2. The maximum Gasteiger partial charge on any atom is -0.813 e. The van der Waals surface area contributed by atoms with Gasteiger partial charge in [-0.1, -0.05) is 0 Å². The fourth-order valence-corrected chi connectivity index (χ4v) is 0.204. The average Bonchev–Trinajstić information content (AvgIpc) is 1.41. The number of hydrogen-bond donors (Lipinski definition) is 0. The van der Waals surface area contributed by atoms with Gasteiger partial charge in [0.25, 0.3) is 0 Å². The number of thiol groups is 1. The van der Waals surface area contributed by atoms with Crippen LogP contribution in [-0.2, 0) is 23.9 Å². The number of hydrogen-bond acceptors (Lipinski definition) is 4. The molecule has 8 heteroatoms. The fraction of sp³-hybridized carbons (Fsp3) is 0. The van der Waals surface area contributed by atoms with E-state index in [4.69, 9.17) is 0 Å². The molecule has 0 aliphatic rings. The zero-order valence-corrected chi connectivity index (χ0v) is 12.0. The summed E-state index contributed by atoms with van der Waals surface area (Å²) < 4.78 is 22.3. The quantitative estimate of drug-likeness (QED) is 0.241. The van der Waals surface area contributed by atoms with Crippen molar-refractivity contribution in [2.24, 2.45) is 0 Å². The predicted molar refractivity (Wildman–Crippen MR) is 22.7 cm³/mol. The van der Waals surface area contributed by atoms with E-state index in [2.05, 4.69) is 2.84 Å². The van der Waals surface area contributed by atoms with Crippen LogP contribution >= 0.6 is 0 Å². The van der Waals surface area contributed by atoms with Crippen molar-refractivity contribution in [2.75, 3.05) is 0 Å². The Morgan fingerprint density at radius 1 is 1.00 bits per heavy atom. The van der Waals surface area contributed by atoms with Crippen LogP contribution in [0.15, 0.2) is 0 Å². The van der Waals surface area contributed by atoms with Crippen LogP contribution in [0.5, 0.6) is 0 Å². The van der Waals surface area contributed by atoms with Gasteiger partial charge in [0.1, 0.15) is 0 Å². The van der Waals surface area contributed by atoms with Crippen LogP contribution in [0.4, 0.5) is 0 Å². The molecule has 0 aliphatic heterocycles. The molecule has 0 heterocycles. The van der Waals surface area contributed by atoms with Crippen LogP contribution in [0.3, 0.4) is 0 Å². The summed E-state index contributed by atoms with van der Waals surface area (Å²) in [5.41, 5.74) is 0.